The third-order valence-electron chi connectivity index (χ3n) is 5.08. The lowest BCUT2D eigenvalue weighted by atomic mass is 10.0. The molecule has 1 amide bonds. The SMILES string of the molecule is CC(SCC(=O)N1CCCC1c1ccc(Cl)cc1)c1nc2ccccc2[nH]1. The first-order chi connectivity index (χ1) is 13.1. The standard InChI is InChI=1S/C21H22ClN3OS/c1-14(21-23-17-5-2-3-6-18(17)24-21)27-13-20(26)25-12-4-7-19(25)15-8-10-16(22)11-9-15/h2-3,5-6,8-11,14,19H,4,7,12-13H2,1H3,(H,23,24). The zero-order valence-corrected chi connectivity index (χ0v) is 16.8. The van der Waals surface area contributed by atoms with Gasteiger partial charge in [0.05, 0.1) is 28.1 Å². The smallest absolute Gasteiger partial charge is 0.233 e. The molecule has 140 valence electrons. The van der Waals surface area contributed by atoms with Crippen molar-refractivity contribution >= 4 is 40.3 Å². The maximum Gasteiger partial charge on any atom is 0.233 e. The van der Waals surface area contributed by atoms with Crippen molar-refractivity contribution in [3.8, 4) is 0 Å². The molecule has 4 nitrogen and oxygen atoms in total. The van der Waals surface area contributed by atoms with Crippen LogP contribution in [0.3, 0.4) is 0 Å². The summed E-state index contributed by atoms with van der Waals surface area (Å²) in [7, 11) is 0. The van der Waals surface area contributed by atoms with Crippen molar-refractivity contribution in [2.24, 2.45) is 0 Å². The van der Waals surface area contributed by atoms with E-state index >= 15 is 0 Å². The van der Waals surface area contributed by atoms with Crippen molar-refractivity contribution in [1.29, 1.82) is 0 Å². The number of aromatic nitrogens is 2. The van der Waals surface area contributed by atoms with Gasteiger partial charge < -0.3 is 9.88 Å². The second-order valence-corrected chi connectivity index (χ2v) is 8.65. The molecule has 27 heavy (non-hydrogen) atoms. The number of imidazole rings is 1. The van der Waals surface area contributed by atoms with Crippen LogP contribution in [0.4, 0.5) is 0 Å². The molecular formula is C21H22ClN3OS. The van der Waals surface area contributed by atoms with Crippen LogP contribution < -0.4 is 0 Å². The fourth-order valence-electron chi connectivity index (χ4n) is 3.62. The van der Waals surface area contributed by atoms with Crippen LogP contribution in [0, 0.1) is 0 Å². The van der Waals surface area contributed by atoms with Crippen molar-refractivity contribution in [2.45, 2.75) is 31.1 Å². The summed E-state index contributed by atoms with van der Waals surface area (Å²) in [5.74, 6) is 1.58. The number of carbonyl (C=O) groups excluding carboxylic acids is 1. The Morgan fingerprint density at radius 3 is 2.85 bits per heavy atom. The Kier molecular flexibility index (Phi) is 5.41. The number of likely N-dealkylation sites (tertiary alicyclic amines) is 1. The van der Waals surface area contributed by atoms with Crippen LogP contribution >= 0.6 is 23.4 Å². The lowest BCUT2D eigenvalue weighted by molar-refractivity contribution is -0.129. The van der Waals surface area contributed by atoms with Crippen LogP contribution in [-0.2, 0) is 4.79 Å². The summed E-state index contributed by atoms with van der Waals surface area (Å²) in [6.07, 6.45) is 2.06. The fraction of sp³-hybridized carbons (Fsp3) is 0.333. The highest BCUT2D eigenvalue weighted by Crippen LogP contribution is 2.34. The summed E-state index contributed by atoms with van der Waals surface area (Å²) >= 11 is 7.63. The summed E-state index contributed by atoms with van der Waals surface area (Å²) in [5, 5.41) is 0.864. The molecule has 3 aromatic rings. The van der Waals surface area contributed by atoms with Gasteiger partial charge in [-0.05, 0) is 49.6 Å². The van der Waals surface area contributed by atoms with E-state index in [-0.39, 0.29) is 17.2 Å². The zero-order chi connectivity index (χ0) is 18.8. The molecule has 0 saturated carbocycles. The van der Waals surface area contributed by atoms with E-state index in [9.17, 15) is 4.79 Å². The first-order valence-electron chi connectivity index (χ1n) is 9.23. The minimum atomic E-state index is 0.137. The summed E-state index contributed by atoms with van der Waals surface area (Å²) < 4.78 is 0. The minimum Gasteiger partial charge on any atom is -0.341 e. The van der Waals surface area contributed by atoms with Gasteiger partial charge >= 0.3 is 0 Å². The van der Waals surface area contributed by atoms with E-state index in [2.05, 4.69) is 16.9 Å². The maximum atomic E-state index is 12.9. The highest BCUT2D eigenvalue weighted by Gasteiger charge is 2.30. The predicted octanol–water partition coefficient (Wildman–Crippen LogP) is 5.37. The Bertz CT molecular complexity index is 907. The van der Waals surface area contributed by atoms with Gasteiger partial charge in [0.2, 0.25) is 5.91 Å². The average Bonchev–Trinajstić information content (AvgIpc) is 3.33. The summed E-state index contributed by atoms with van der Waals surface area (Å²) in [6, 6.07) is 16.0. The number of aromatic amines is 1. The van der Waals surface area contributed by atoms with Gasteiger partial charge in [-0.25, -0.2) is 4.98 Å². The lowest BCUT2D eigenvalue weighted by Gasteiger charge is -2.25. The molecule has 0 bridgehead atoms. The molecule has 6 heteroatoms. The highest BCUT2D eigenvalue weighted by molar-refractivity contribution is 8.00. The molecule has 2 atom stereocenters. The van der Waals surface area contributed by atoms with Gasteiger partial charge in [-0.3, -0.25) is 4.79 Å². The molecular weight excluding hydrogens is 378 g/mol. The molecule has 1 aliphatic heterocycles. The second kappa shape index (κ2) is 7.95. The molecule has 1 aliphatic rings. The monoisotopic (exact) mass is 399 g/mol. The van der Waals surface area contributed by atoms with Crippen LogP contribution in [-0.4, -0.2) is 33.1 Å². The number of H-pyrrole nitrogens is 1. The molecule has 0 aliphatic carbocycles. The summed E-state index contributed by atoms with van der Waals surface area (Å²) in [5.41, 5.74) is 3.17. The van der Waals surface area contributed by atoms with Gasteiger partial charge in [-0.15, -0.1) is 11.8 Å². The second-order valence-electron chi connectivity index (χ2n) is 6.89. The molecule has 1 fully saturated rings. The number of halogens is 1. The molecule has 1 aromatic heterocycles. The van der Waals surface area contributed by atoms with Crippen LogP contribution in [0.2, 0.25) is 5.02 Å². The maximum absolute atomic E-state index is 12.9. The molecule has 1 N–H and O–H groups in total. The number of carbonyl (C=O) groups is 1. The number of fused-ring (bicyclic) bond motifs is 1. The van der Waals surface area contributed by atoms with E-state index in [0.717, 1.165) is 41.3 Å². The van der Waals surface area contributed by atoms with E-state index in [1.54, 1.807) is 11.8 Å². The first kappa shape index (κ1) is 18.4. The third kappa shape index (κ3) is 3.99. The van der Waals surface area contributed by atoms with Gasteiger partial charge in [-0.2, -0.15) is 0 Å². The molecule has 2 heterocycles. The Morgan fingerprint density at radius 2 is 2.07 bits per heavy atom. The molecule has 0 radical (unpaired) electrons. The van der Waals surface area contributed by atoms with E-state index in [4.69, 9.17) is 11.6 Å². The van der Waals surface area contributed by atoms with Crippen LogP contribution in [0.1, 0.15) is 42.4 Å². The van der Waals surface area contributed by atoms with Crippen molar-refractivity contribution in [3.05, 3.63) is 64.9 Å². The van der Waals surface area contributed by atoms with Crippen LogP contribution in [0.15, 0.2) is 48.5 Å². The van der Waals surface area contributed by atoms with Crippen molar-refractivity contribution < 1.29 is 4.79 Å². The van der Waals surface area contributed by atoms with E-state index in [1.807, 2.05) is 53.4 Å². The third-order valence-corrected chi connectivity index (χ3v) is 6.47. The van der Waals surface area contributed by atoms with Gasteiger partial charge in [0.25, 0.3) is 0 Å². The van der Waals surface area contributed by atoms with E-state index in [1.165, 1.54) is 5.56 Å². The van der Waals surface area contributed by atoms with E-state index in [0.29, 0.717) is 5.75 Å². The average molecular weight is 400 g/mol. The summed E-state index contributed by atoms with van der Waals surface area (Å²) in [4.78, 5) is 22.9. The van der Waals surface area contributed by atoms with Crippen molar-refractivity contribution in [3.63, 3.8) is 0 Å². The predicted molar refractivity (Wildman–Crippen MR) is 112 cm³/mol. The van der Waals surface area contributed by atoms with E-state index < -0.39 is 0 Å². The number of rotatable bonds is 5. The number of hydrogen-bond donors (Lipinski definition) is 1. The Labute approximate surface area is 168 Å². The largest absolute Gasteiger partial charge is 0.341 e. The van der Waals surface area contributed by atoms with Gasteiger partial charge in [0.1, 0.15) is 5.82 Å². The van der Waals surface area contributed by atoms with Gasteiger partial charge in [-0.1, -0.05) is 35.9 Å². The topological polar surface area (TPSA) is 49.0 Å². The summed E-state index contributed by atoms with van der Waals surface area (Å²) in [6.45, 7) is 2.92. The lowest BCUT2D eigenvalue weighted by Crippen LogP contribution is -2.32. The van der Waals surface area contributed by atoms with Crippen LogP contribution in [0.25, 0.3) is 11.0 Å². The number of amides is 1. The fourth-order valence-corrected chi connectivity index (χ4v) is 4.57. The van der Waals surface area contributed by atoms with Crippen molar-refractivity contribution in [1.82, 2.24) is 14.9 Å². The van der Waals surface area contributed by atoms with Gasteiger partial charge in [0.15, 0.2) is 0 Å². The minimum absolute atomic E-state index is 0.137. The molecule has 2 unspecified atom stereocenters. The Morgan fingerprint density at radius 1 is 1.30 bits per heavy atom. The first-order valence-corrected chi connectivity index (χ1v) is 10.7. The molecule has 4 rings (SSSR count). The Balaban J connectivity index is 1.40. The number of para-hydroxylation sites is 2. The molecule has 1 saturated heterocycles. The van der Waals surface area contributed by atoms with Gasteiger partial charge in [0, 0.05) is 11.6 Å². The normalized spacial score (nSPS) is 18.1. The van der Waals surface area contributed by atoms with Crippen LogP contribution in [0.5, 0.6) is 0 Å². The number of nitrogens with zero attached hydrogens (tertiary/aromatic N) is 2. The molecule has 2 aromatic carbocycles. The Hall–Kier alpha value is -1.98. The zero-order valence-electron chi connectivity index (χ0n) is 15.2. The number of thioether (sulfide) groups is 1. The number of nitrogens with one attached hydrogen (secondary N) is 1. The molecule has 0 spiro atoms. The number of benzene rings is 2. The number of hydrogen-bond acceptors (Lipinski definition) is 3. The highest BCUT2D eigenvalue weighted by atomic mass is 35.5. The quantitative estimate of drug-likeness (QED) is 0.627. The van der Waals surface area contributed by atoms with Crippen molar-refractivity contribution in [2.75, 3.05) is 12.3 Å².